The highest BCUT2D eigenvalue weighted by molar-refractivity contribution is 5.20. The second kappa shape index (κ2) is 7.39. The molecule has 0 fully saturated rings. The fourth-order valence-electron chi connectivity index (χ4n) is 1.71. The van der Waals surface area contributed by atoms with Gasteiger partial charge in [0.25, 0.3) is 0 Å². The Balaban J connectivity index is 2.10. The van der Waals surface area contributed by atoms with Crippen LogP contribution in [-0.2, 0) is 6.54 Å². The molecule has 0 spiro atoms. The smallest absolute Gasteiger partial charge is 0.0315 e. The lowest BCUT2D eigenvalue weighted by atomic mass is 10.1. The standard InChI is InChI=1S/C14H24N2/c1-12(2)6-4-5-8-15-10-14-11-16-9-7-13(14)3/h7,9,11-12,15H,4-6,8,10H2,1-3H3. The van der Waals surface area contributed by atoms with E-state index in [1.54, 1.807) is 0 Å². The van der Waals surface area contributed by atoms with E-state index in [9.17, 15) is 0 Å². The summed E-state index contributed by atoms with van der Waals surface area (Å²) in [6.07, 6.45) is 7.75. The molecule has 0 atom stereocenters. The maximum atomic E-state index is 4.14. The normalized spacial score (nSPS) is 11.0. The first kappa shape index (κ1) is 13.2. The quantitative estimate of drug-likeness (QED) is 0.713. The molecule has 2 nitrogen and oxygen atoms in total. The molecule has 1 heterocycles. The van der Waals surface area contributed by atoms with E-state index >= 15 is 0 Å². The molecule has 1 N–H and O–H groups in total. The molecule has 2 heteroatoms. The van der Waals surface area contributed by atoms with E-state index in [4.69, 9.17) is 0 Å². The summed E-state index contributed by atoms with van der Waals surface area (Å²) in [5.41, 5.74) is 2.64. The van der Waals surface area contributed by atoms with Crippen LogP contribution in [0.15, 0.2) is 18.5 Å². The van der Waals surface area contributed by atoms with E-state index in [1.807, 2.05) is 12.4 Å². The number of unbranched alkanes of at least 4 members (excludes halogenated alkanes) is 1. The Morgan fingerprint density at radius 2 is 2.12 bits per heavy atom. The van der Waals surface area contributed by atoms with Gasteiger partial charge in [0.2, 0.25) is 0 Å². The fourth-order valence-corrected chi connectivity index (χ4v) is 1.71. The van der Waals surface area contributed by atoms with Crippen LogP contribution in [0, 0.1) is 12.8 Å². The second-order valence-electron chi connectivity index (χ2n) is 4.87. The Kier molecular flexibility index (Phi) is 6.09. The van der Waals surface area contributed by atoms with Crippen molar-refractivity contribution in [3.8, 4) is 0 Å². The summed E-state index contributed by atoms with van der Waals surface area (Å²) in [5, 5.41) is 3.48. The molecule has 0 unspecified atom stereocenters. The van der Waals surface area contributed by atoms with Gasteiger partial charge >= 0.3 is 0 Å². The lowest BCUT2D eigenvalue weighted by molar-refractivity contribution is 0.520. The third-order valence-electron chi connectivity index (χ3n) is 2.85. The van der Waals surface area contributed by atoms with E-state index < -0.39 is 0 Å². The minimum absolute atomic E-state index is 0.834. The summed E-state index contributed by atoms with van der Waals surface area (Å²) < 4.78 is 0. The van der Waals surface area contributed by atoms with Gasteiger partial charge in [-0.1, -0.05) is 26.7 Å². The molecule has 1 rings (SSSR count). The monoisotopic (exact) mass is 220 g/mol. The van der Waals surface area contributed by atoms with Crippen LogP contribution in [0.1, 0.15) is 44.2 Å². The molecule has 1 aromatic heterocycles. The van der Waals surface area contributed by atoms with Gasteiger partial charge in [0.1, 0.15) is 0 Å². The number of aromatic nitrogens is 1. The van der Waals surface area contributed by atoms with Crippen LogP contribution in [0.3, 0.4) is 0 Å². The first-order valence-electron chi connectivity index (χ1n) is 6.30. The Hall–Kier alpha value is -0.890. The van der Waals surface area contributed by atoms with Gasteiger partial charge in [-0.2, -0.15) is 0 Å². The highest BCUT2D eigenvalue weighted by atomic mass is 14.8. The van der Waals surface area contributed by atoms with Gasteiger partial charge in [-0.25, -0.2) is 0 Å². The molecule has 0 aliphatic heterocycles. The summed E-state index contributed by atoms with van der Waals surface area (Å²) in [6.45, 7) is 8.76. The van der Waals surface area contributed by atoms with Gasteiger partial charge < -0.3 is 5.32 Å². The average Bonchev–Trinajstić information content (AvgIpc) is 2.25. The lowest BCUT2D eigenvalue weighted by Crippen LogP contribution is -2.15. The molecule has 0 saturated carbocycles. The second-order valence-corrected chi connectivity index (χ2v) is 4.87. The SMILES string of the molecule is Cc1ccncc1CNCCCCC(C)C. The highest BCUT2D eigenvalue weighted by Crippen LogP contribution is 2.06. The number of nitrogens with zero attached hydrogens (tertiary/aromatic N) is 1. The predicted octanol–water partition coefficient (Wildman–Crippen LogP) is 3.31. The van der Waals surface area contributed by atoms with Crippen molar-refractivity contribution >= 4 is 0 Å². The van der Waals surface area contributed by atoms with E-state index in [0.717, 1.165) is 19.0 Å². The number of rotatable bonds is 7. The van der Waals surface area contributed by atoms with Crippen LogP contribution in [0.25, 0.3) is 0 Å². The van der Waals surface area contributed by atoms with Crippen molar-refractivity contribution in [2.75, 3.05) is 6.54 Å². The number of hydrogen-bond donors (Lipinski definition) is 1. The van der Waals surface area contributed by atoms with Crippen LogP contribution in [0.2, 0.25) is 0 Å². The van der Waals surface area contributed by atoms with Gasteiger partial charge in [-0.05, 0) is 43.0 Å². The average molecular weight is 220 g/mol. The van der Waals surface area contributed by atoms with E-state index in [1.165, 1.54) is 30.4 Å². The molecule has 0 radical (unpaired) electrons. The van der Waals surface area contributed by atoms with E-state index in [2.05, 4.69) is 37.1 Å². The van der Waals surface area contributed by atoms with E-state index in [-0.39, 0.29) is 0 Å². The first-order chi connectivity index (χ1) is 7.70. The fraction of sp³-hybridized carbons (Fsp3) is 0.643. The Morgan fingerprint density at radius 3 is 2.81 bits per heavy atom. The summed E-state index contributed by atoms with van der Waals surface area (Å²) >= 11 is 0. The van der Waals surface area contributed by atoms with Crippen molar-refractivity contribution in [1.82, 2.24) is 10.3 Å². The summed E-state index contributed by atoms with van der Waals surface area (Å²) in [4.78, 5) is 4.14. The molecule has 90 valence electrons. The largest absolute Gasteiger partial charge is 0.313 e. The van der Waals surface area contributed by atoms with Crippen molar-refractivity contribution in [3.05, 3.63) is 29.6 Å². The number of hydrogen-bond acceptors (Lipinski definition) is 2. The minimum Gasteiger partial charge on any atom is -0.313 e. The maximum Gasteiger partial charge on any atom is 0.0315 e. The highest BCUT2D eigenvalue weighted by Gasteiger charge is 1.97. The topological polar surface area (TPSA) is 24.9 Å². The molecule has 1 aromatic rings. The zero-order valence-electron chi connectivity index (χ0n) is 10.8. The molecule has 0 amide bonds. The number of aryl methyl sites for hydroxylation is 1. The van der Waals surface area contributed by atoms with Crippen LogP contribution in [-0.4, -0.2) is 11.5 Å². The lowest BCUT2D eigenvalue weighted by Gasteiger charge is -2.07. The summed E-state index contributed by atoms with van der Waals surface area (Å²) in [6, 6.07) is 2.07. The molecule has 0 aliphatic carbocycles. The third kappa shape index (κ3) is 5.26. The Morgan fingerprint density at radius 1 is 1.31 bits per heavy atom. The minimum atomic E-state index is 0.834. The summed E-state index contributed by atoms with van der Waals surface area (Å²) in [5.74, 6) is 0.834. The van der Waals surface area contributed by atoms with Gasteiger partial charge in [0, 0.05) is 18.9 Å². The van der Waals surface area contributed by atoms with Crippen LogP contribution in [0.4, 0.5) is 0 Å². The van der Waals surface area contributed by atoms with Crippen molar-refractivity contribution in [2.24, 2.45) is 5.92 Å². The van der Waals surface area contributed by atoms with E-state index in [0.29, 0.717) is 0 Å². The number of pyridine rings is 1. The van der Waals surface area contributed by atoms with Crippen LogP contribution in [0.5, 0.6) is 0 Å². The third-order valence-corrected chi connectivity index (χ3v) is 2.85. The Labute approximate surface area is 99.5 Å². The first-order valence-corrected chi connectivity index (χ1v) is 6.30. The maximum absolute atomic E-state index is 4.14. The molecule has 16 heavy (non-hydrogen) atoms. The van der Waals surface area contributed by atoms with Crippen molar-refractivity contribution in [2.45, 2.75) is 46.6 Å². The molecular formula is C14H24N2. The zero-order valence-corrected chi connectivity index (χ0v) is 10.8. The molecular weight excluding hydrogens is 196 g/mol. The predicted molar refractivity (Wildman–Crippen MR) is 69.4 cm³/mol. The summed E-state index contributed by atoms with van der Waals surface area (Å²) in [7, 11) is 0. The van der Waals surface area contributed by atoms with Gasteiger partial charge in [-0.15, -0.1) is 0 Å². The molecule has 0 saturated heterocycles. The van der Waals surface area contributed by atoms with Crippen molar-refractivity contribution in [3.63, 3.8) is 0 Å². The van der Waals surface area contributed by atoms with Gasteiger partial charge in [-0.3, -0.25) is 4.98 Å². The van der Waals surface area contributed by atoms with Crippen LogP contribution >= 0.6 is 0 Å². The molecule has 0 bridgehead atoms. The van der Waals surface area contributed by atoms with Crippen LogP contribution < -0.4 is 5.32 Å². The molecule has 0 aromatic carbocycles. The van der Waals surface area contributed by atoms with Gasteiger partial charge in [0.15, 0.2) is 0 Å². The number of nitrogens with one attached hydrogen (secondary N) is 1. The zero-order chi connectivity index (χ0) is 11.8. The van der Waals surface area contributed by atoms with Crippen molar-refractivity contribution < 1.29 is 0 Å². The Bertz CT molecular complexity index is 295. The van der Waals surface area contributed by atoms with Crippen molar-refractivity contribution in [1.29, 1.82) is 0 Å². The molecule has 0 aliphatic rings. The van der Waals surface area contributed by atoms with Gasteiger partial charge in [0.05, 0.1) is 0 Å².